The van der Waals surface area contributed by atoms with Crippen molar-refractivity contribution < 1.29 is 0 Å². The van der Waals surface area contributed by atoms with E-state index in [0.29, 0.717) is 6.04 Å². The van der Waals surface area contributed by atoms with Crippen LogP contribution in [0.1, 0.15) is 13.3 Å². The molecule has 3 heteroatoms. The zero-order valence-corrected chi connectivity index (χ0v) is 7.84. The summed E-state index contributed by atoms with van der Waals surface area (Å²) in [7, 11) is 0. The highest BCUT2D eigenvalue weighted by Crippen LogP contribution is 2.17. The van der Waals surface area contributed by atoms with Gasteiger partial charge >= 0.3 is 0 Å². The third kappa shape index (κ3) is 2.05. The van der Waals surface area contributed by atoms with Crippen LogP contribution in [0.25, 0.3) is 0 Å². The maximum Gasteiger partial charge on any atom is 0.0235 e. The van der Waals surface area contributed by atoms with E-state index in [0.717, 1.165) is 12.5 Å². The predicted molar refractivity (Wildman–Crippen MR) is 47.3 cm³/mol. The van der Waals surface area contributed by atoms with Gasteiger partial charge in [0.2, 0.25) is 0 Å². The average Bonchev–Trinajstić information content (AvgIpc) is 1.80. The van der Waals surface area contributed by atoms with Crippen LogP contribution in [0.5, 0.6) is 0 Å². The summed E-state index contributed by atoms with van der Waals surface area (Å²) >= 11 is 2.34. The zero-order chi connectivity index (χ0) is 6.85. The van der Waals surface area contributed by atoms with Crippen LogP contribution in [0.2, 0.25) is 0 Å². The molecule has 1 saturated heterocycles. The minimum atomic E-state index is 0.399. The smallest absolute Gasteiger partial charge is 0.0235 e. The Balaban J connectivity index is 2.35. The molecule has 2 atom stereocenters. The summed E-state index contributed by atoms with van der Waals surface area (Å²) in [6.07, 6.45) is 1.25. The molecule has 2 N–H and O–H groups in total. The molecule has 0 bridgehead atoms. The first-order chi connectivity index (χ1) is 4.20. The van der Waals surface area contributed by atoms with Crippen LogP contribution < -0.4 is 5.73 Å². The van der Waals surface area contributed by atoms with Gasteiger partial charge in [-0.3, -0.25) is 0 Å². The van der Waals surface area contributed by atoms with Gasteiger partial charge in [0.25, 0.3) is 0 Å². The molecule has 1 heterocycles. The summed E-state index contributed by atoms with van der Waals surface area (Å²) in [5.74, 6) is 0.719. The molecule has 54 valence electrons. The van der Waals surface area contributed by atoms with E-state index in [9.17, 15) is 0 Å². The van der Waals surface area contributed by atoms with Crippen LogP contribution >= 0.6 is 22.9 Å². The Hall–Kier alpha value is 0.650. The number of rotatable bonds is 0. The second-order valence-electron chi connectivity index (χ2n) is 2.80. The molecule has 1 fully saturated rings. The molecule has 1 aliphatic rings. The van der Waals surface area contributed by atoms with Crippen LogP contribution in [0.15, 0.2) is 0 Å². The topological polar surface area (TPSA) is 29.3 Å². The van der Waals surface area contributed by atoms with Crippen molar-refractivity contribution in [2.75, 3.05) is 13.1 Å². The monoisotopic (exact) mass is 240 g/mol. The lowest BCUT2D eigenvalue weighted by molar-refractivity contribution is 0.285. The van der Waals surface area contributed by atoms with Crippen molar-refractivity contribution in [3.63, 3.8) is 0 Å². The lowest BCUT2D eigenvalue weighted by Crippen LogP contribution is -2.43. The van der Waals surface area contributed by atoms with E-state index >= 15 is 0 Å². The van der Waals surface area contributed by atoms with E-state index < -0.39 is 0 Å². The molecule has 1 rings (SSSR count). The molecule has 0 amide bonds. The number of nitrogens with zero attached hydrogens (tertiary/aromatic N) is 1. The molecule has 0 aromatic carbocycles. The Morgan fingerprint density at radius 2 is 2.33 bits per heavy atom. The lowest BCUT2D eigenvalue weighted by atomic mass is 9.96. The van der Waals surface area contributed by atoms with Gasteiger partial charge in [0.15, 0.2) is 0 Å². The van der Waals surface area contributed by atoms with Crippen molar-refractivity contribution in [3.8, 4) is 0 Å². The third-order valence-electron chi connectivity index (χ3n) is 1.97. The molecule has 0 aromatic heterocycles. The molecule has 2 nitrogen and oxygen atoms in total. The number of halogens is 1. The molecule has 0 aliphatic carbocycles. The average molecular weight is 240 g/mol. The number of nitrogens with two attached hydrogens (primary N) is 1. The van der Waals surface area contributed by atoms with Crippen molar-refractivity contribution in [1.29, 1.82) is 0 Å². The highest BCUT2D eigenvalue weighted by molar-refractivity contribution is 14.1. The molecule has 0 radical (unpaired) electrons. The van der Waals surface area contributed by atoms with E-state index in [1.807, 2.05) is 0 Å². The summed E-state index contributed by atoms with van der Waals surface area (Å²) in [5, 5.41) is 0. The first-order valence-corrected chi connectivity index (χ1v) is 4.33. The van der Waals surface area contributed by atoms with Crippen LogP contribution in [-0.4, -0.2) is 22.2 Å². The largest absolute Gasteiger partial charge is 0.326 e. The maximum absolute atomic E-state index is 5.82. The first kappa shape index (κ1) is 7.75. The Labute approximate surface area is 70.3 Å². The van der Waals surface area contributed by atoms with Crippen molar-refractivity contribution >= 4 is 22.9 Å². The second kappa shape index (κ2) is 3.16. The fraction of sp³-hybridized carbons (Fsp3) is 1.00. The van der Waals surface area contributed by atoms with Gasteiger partial charge in [0.05, 0.1) is 0 Å². The van der Waals surface area contributed by atoms with Crippen LogP contribution in [0, 0.1) is 5.92 Å². The minimum absolute atomic E-state index is 0.399. The van der Waals surface area contributed by atoms with Crippen molar-refractivity contribution in [3.05, 3.63) is 0 Å². The third-order valence-corrected chi connectivity index (χ3v) is 2.84. The van der Waals surface area contributed by atoms with E-state index in [2.05, 4.69) is 32.9 Å². The zero-order valence-electron chi connectivity index (χ0n) is 5.68. The van der Waals surface area contributed by atoms with Gasteiger partial charge in [0.1, 0.15) is 0 Å². The fourth-order valence-corrected chi connectivity index (χ4v) is 1.79. The van der Waals surface area contributed by atoms with E-state index in [1.54, 1.807) is 0 Å². The Morgan fingerprint density at radius 3 is 2.78 bits per heavy atom. The van der Waals surface area contributed by atoms with Gasteiger partial charge in [-0.25, -0.2) is 3.11 Å². The van der Waals surface area contributed by atoms with E-state index in [4.69, 9.17) is 5.73 Å². The van der Waals surface area contributed by atoms with Gasteiger partial charge < -0.3 is 5.73 Å². The minimum Gasteiger partial charge on any atom is -0.326 e. The van der Waals surface area contributed by atoms with Crippen molar-refractivity contribution in [2.24, 2.45) is 11.7 Å². The van der Waals surface area contributed by atoms with Crippen LogP contribution in [0.3, 0.4) is 0 Å². The van der Waals surface area contributed by atoms with Gasteiger partial charge in [0, 0.05) is 42.0 Å². The Kier molecular flexibility index (Phi) is 2.73. The maximum atomic E-state index is 5.82. The molecule has 0 unspecified atom stereocenters. The number of piperidine rings is 1. The molecule has 1 aliphatic heterocycles. The summed E-state index contributed by atoms with van der Waals surface area (Å²) < 4.78 is 2.27. The highest BCUT2D eigenvalue weighted by atomic mass is 127. The highest BCUT2D eigenvalue weighted by Gasteiger charge is 2.20. The van der Waals surface area contributed by atoms with E-state index in [-0.39, 0.29) is 0 Å². The Bertz CT molecular complexity index is 97.1. The van der Waals surface area contributed by atoms with Gasteiger partial charge in [-0.15, -0.1) is 0 Å². The molecular formula is C6H13IN2. The van der Waals surface area contributed by atoms with Crippen molar-refractivity contribution in [1.82, 2.24) is 3.11 Å². The molecule has 0 saturated carbocycles. The van der Waals surface area contributed by atoms with Gasteiger partial charge in [-0.05, 0) is 12.3 Å². The molecule has 0 spiro atoms. The fourth-order valence-electron chi connectivity index (χ4n) is 1.06. The van der Waals surface area contributed by atoms with E-state index in [1.165, 1.54) is 13.0 Å². The number of hydrogen-bond donors (Lipinski definition) is 1. The predicted octanol–water partition coefficient (Wildman–Crippen LogP) is 1.01. The van der Waals surface area contributed by atoms with Crippen LogP contribution in [-0.2, 0) is 0 Å². The van der Waals surface area contributed by atoms with Gasteiger partial charge in [-0.2, -0.15) is 0 Å². The summed E-state index contributed by atoms with van der Waals surface area (Å²) in [5.41, 5.74) is 5.82. The summed E-state index contributed by atoms with van der Waals surface area (Å²) in [4.78, 5) is 0. The molecule has 0 aromatic rings. The lowest BCUT2D eigenvalue weighted by Gasteiger charge is -2.30. The van der Waals surface area contributed by atoms with Crippen molar-refractivity contribution in [2.45, 2.75) is 19.4 Å². The van der Waals surface area contributed by atoms with Gasteiger partial charge in [-0.1, -0.05) is 6.92 Å². The normalized spacial score (nSPS) is 39.0. The van der Waals surface area contributed by atoms with Crippen LogP contribution in [0.4, 0.5) is 0 Å². The summed E-state index contributed by atoms with van der Waals surface area (Å²) in [6, 6.07) is 0.399. The molecular weight excluding hydrogens is 227 g/mol. The molecule has 9 heavy (non-hydrogen) atoms. The second-order valence-corrected chi connectivity index (χ2v) is 4.16. The summed E-state index contributed by atoms with van der Waals surface area (Å²) in [6.45, 7) is 4.49. The quantitative estimate of drug-likeness (QED) is 0.505. The first-order valence-electron chi connectivity index (χ1n) is 3.36. The Morgan fingerprint density at radius 1 is 1.67 bits per heavy atom. The SMILES string of the molecule is C[C@@H]1CCN(I)C[C@@H]1N. The number of hydrogen-bond acceptors (Lipinski definition) is 2. The standard InChI is InChI=1S/C6H13IN2/c1-5-2-3-9(7)4-6(5)8/h5-6H,2-4,8H2,1H3/t5-,6+/m1/s1.